The van der Waals surface area contributed by atoms with E-state index in [1.165, 1.54) is 60.5 Å². The number of ether oxygens (including phenoxy) is 1. The third kappa shape index (κ3) is 6.27. The number of hydrogen-bond donors (Lipinski definition) is 0. The third-order valence-electron chi connectivity index (χ3n) is 11.1. The fourth-order valence-electron chi connectivity index (χ4n) is 8.92. The molecule has 0 aliphatic heterocycles. The molecule has 2 unspecified atom stereocenters. The second-order valence-corrected chi connectivity index (χ2v) is 15.9. The molecule has 0 saturated heterocycles. The quantitative estimate of drug-likeness (QED) is 0.0902. The molecule has 0 saturated carbocycles. The maximum absolute atomic E-state index is 12.1. The summed E-state index contributed by atoms with van der Waals surface area (Å²) in [5, 5.41) is 5.31. The Kier molecular flexibility index (Phi) is 8.64. The van der Waals surface area contributed by atoms with Crippen molar-refractivity contribution in [2.75, 3.05) is 6.61 Å². The van der Waals surface area contributed by atoms with Crippen molar-refractivity contribution >= 4 is 33.1 Å². The number of rotatable bonds is 6. The zero-order chi connectivity index (χ0) is 34.5. The summed E-state index contributed by atoms with van der Waals surface area (Å²) in [7, 11) is 0. The maximum Gasteiger partial charge on any atom is 0.330 e. The van der Waals surface area contributed by atoms with E-state index in [0.29, 0.717) is 12.5 Å². The summed E-state index contributed by atoms with van der Waals surface area (Å²) >= 11 is 0. The summed E-state index contributed by atoms with van der Waals surface area (Å²) in [6.07, 6.45) is 19.8. The summed E-state index contributed by atoms with van der Waals surface area (Å²) in [5.74, 6) is 0.237. The van der Waals surface area contributed by atoms with Crippen LogP contribution in [0, 0.1) is 18.3 Å². The summed E-state index contributed by atoms with van der Waals surface area (Å²) in [5.41, 5.74) is 12.5. The van der Waals surface area contributed by atoms with Crippen LogP contribution >= 0.6 is 0 Å². The second-order valence-electron chi connectivity index (χ2n) is 15.9. The zero-order valence-electron chi connectivity index (χ0n) is 30.3. The summed E-state index contributed by atoms with van der Waals surface area (Å²) < 4.78 is 5.15. The van der Waals surface area contributed by atoms with Gasteiger partial charge in [-0.15, -0.1) is 0 Å². The first-order chi connectivity index (χ1) is 23.5. The predicted molar refractivity (Wildman–Crippen MR) is 208 cm³/mol. The minimum atomic E-state index is -0.288. The summed E-state index contributed by atoms with van der Waals surface area (Å²) in [6, 6.07) is 23.2. The molecule has 2 heteroatoms. The monoisotopic (exact) mass is 646 g/mol. The molecule has 3 aliphatic carbocycles. The fourth-order valence-corrected chi connectivity index (χ4v) is 8.92. The Labute approximate surface area is 293 Å². The van der Waals surface area contributed by atoms with E-state index < -0.39 is 0 Å². The molecular formula is C47H50O2. The van der Waals surface area contributed by atoms with Crippen LogP contribution in [-0.4, -0.2) is 12.6 Å². The zero-order valence-corrected chi connectivity index (χ0v) is 30.3. The molecule has 7 rings (SSSR count). The SMILES string of the molecule is CCOC(=O)/C=C(\C)C=CC1C=CCCC1c1c(-c2cc3ccc4c(c3cc2C)C(C)(C)CC2=C4C=CC(C)(C)C2)ccc2ccccc12. The normalized spacial score (nSPS) is 21.3. The number of carbonyl (C=O) groups excluding carboxylic acids is 1. The van der Waals surface area contributed by atoms with Gasteiger partial charge in [0.15, 0.2) is 0 Å². The Hall–Kier alpha value is -4.43. The van der Waals surface area contributed by atoms with Gasteiger partial charge in [0.1, 0.15) is 0 Å². The molecule has 3 aliphatic rings. The van der Waals surface area contributed by atoms with Crippen LogP contribution in [0.15, 0.2) is 114 Å². The second kappa shape index (κ2) is 12.8. The van der Waals surface area contributed by atoms with Crippen molar-refractivity contribution in [3.63, 3.8) is 0 Å². The van der Waals surface area contributed by atoms with Gasteiger partial charge in [-0.1, -0.05) is 124 Å². The van der Waals surface area contributed by atoms with Gasteiger partial charge in [0.25, 0.3) is 0 Å². The molecule has 0 radical (unpaired) electrons. The Balaban J connectivity index is 1.36. The number of benzene rings is 4. The van der Waals surface area contributed by atoms with Gasteiger partial charge in [0, 0.05) is 12.0 Å². The molecule has 2 atom stereocenters. The highest BCUT2D eigenvalue weighted by molar-refractivity contribution is 6.00. The molecule has 4 aromatic rings. The molecule has 0 aromatic heterocycles. The van der Waals surface area contributed by atoms with Crippen molar-refractivity contribution in [1.82, 2.24) is 0 Å². The summed E-state index contributed by atoms with van der Waals surface area (Å²) in [4.78, 5) is 12.1. The van der Waals surface area contributed by atoms with E-state index in [1.54, 1.807) is 11.6 Å². The van der Waals surface area contributed by atoms with Gasteiger partial charge >= 0.3 is 5.97 Å². The van der Waals surface area contributed by atoms with Gasteiger partial charge in [-0.25, -0.2) is 4.79 Å². The Bertz CT molecular complexity index is 2130. The number of allylic oxidation sites excluding steroid dienone is 9. The standard InChI is InChI=1S/C47H50O2/c1-8-49-43(48)25-30(2)17-18-32-13-9-11-15-37(32)44-38-16-12-10-14-33(38)19-21-39(44)41-27-34-20-22-40-36-23-24-46(4,5)28-35(36)29-47(6,7)45(40)42(34)26-31(41)3/h9-10,12-14,16-27,32,37H,8,11,15,28-29H2,1-7H3/b18-17?,30-25+. The molecule has 0 fully saturated rings. The van der Waals surface area contributed by atoms with Gasteiger partial charge in [-0.3, -0.25) is 0 Å². The topological polar surface area (TPSA) is 26.3 Å². The first-order valence-corrected chi connectivity index (χ1v) is 18.2. The maximum atomic E-state index is 12.1. The molecule has 0 bridgehead atoms. The number of carbonyl (C=O) groups is 1. The lowest BCUT2D eigenvalue weighted by Crippen LogP contribution is -2.27. The van der Waals surface area contributed by atoms with Gasteiger partial charge < -0.3 is 4.74 Å². The number of fused-ring (bicyclic) bond motifs is 5. The summed E-state index contributed by atoms with van der Waals surface area (Å²) in [6.45, 7) is 16.1. The van der Waals surface area contributed by atoms with E-state index in [4.69, 9.17) is 4.74 Å². The molecular weight excluding hydrogens is 597 g/mol. The third-order valence-corrected chi connectivity index (χ3v) is 11.1. The smallest absolute Gasteiger partial charge is 0.330 e. The minimum absolute atomic E-state index is 0.0604. The van der Waals surface area contributed by atoms with Gasteiger partial charge in [-0.2, -0.15) is 0 Å². The van der Waals surface area contributed by atoms with Crippen molar-refractivity contribution in [3.8, 4) is 11.1 Å². The lowest BCUT2D eigenvalue weighted by molar-refractivity contribution is -0.137. The van der Waals surface area contributed by atoms with Crippen LogP contribution in [0.5, 0.6) is 0 Å². The van der Waals surface area contributed by atoms with Crippen molar-refractivity contribution < 1.29 is 9.53 Å². The molecule has 0 spiro atoms. The van der Waals surface area contributed by atoms with E-state index in [-0.39, 0.29) is 22.7 Å². The number of hydrogen-bond acceptors (Lipinski definition) is 2. The van der Waals surface area contributed by atoms with Gasteiger partial charge in [0.2, 0.25) is 0 Å². The van der Waals surface area contributed by atoms with Crippen molar-refractivity contribution in [2.24, 2.45) is 11.3 Å². The molecule has 49 heavy (non-hydrogen) atoms. The minimum Gasteiger partial charge on any atom is -0.463 e. The lowest BCUT2D eigenvalue weighted by atomic mass is 9.64. The average molecular weight is 647 g/mol. The van der Waals surface area contributed by atoms with E-state index in [9.17, 15) is 4.79 Å². The van der Waals surface area contributed by atoms with Crippen LogP contribution in [0.4, 0.5) is 0 Å². The van der Waals surface area contributed by atoms with Crippen molar-refractivity contribution in [1.29, 1.82) is 0 Å². The molecule has 4 aromatic carbocycles. The highest BCUT2D eigenvalue weighted by atomic mass is 16.5. The largest absolute Gasteiger partial charge is 0.463 e. The van der Waals surface area contributed by atoms with Crippen molar-refractivity contribution in [3.05, 3.63) is 137 Å². The lowest BCUT2D eigenvalue weighted by Gasteiger charge is -2.40. The highest BCUT2D eigenvalue weighted by Gasteiger charge is 2.37. The van der Waals surface area contributed by atoms with Crippen LogP contribution < -0.4 is 0 Å². The first-order valence-electron chi connectivity index (χ1n) is 18.2. The van der Waals surface area contributed by atoms with Crippen LogP contribution in [-0.2, 0) is 14.9 Å². The van der Waals surface area contributed by atoms with Crippen LogP contribution in [0.3, 0.4) is 0 Å². The highest BCUT2D eigenvalue weighted by Crippen LogP contribution is 2.52. The van der Waals surface area contributed by atoms with Gasteiger partial charge in [0.05, 0.1) is 6.61 Å². The predicted octanol–water partition coefficient (Wildman–Crippen LogP) is 12.5. The average Bonchev–Trinajstić information content (AvgIpc) is 3.05. The Morgan fingerprint density at radius 1 is 0.918 bits per heavy atom. The number of aryl methyl sites for hydroxylation is 1. The van der Waals surface area contributed by atoms with Crippen molar-refractivity contribution in [2.45, 2.75) is 85.5 Å². The molecule has 0 amide bonds. The van der Waals surface area contributed by atoms with Crippen LogP contribution in [0.1, 0.15) is 95.4 Å². The first kappa shape index (κ1) is 33.1. The Morgan fingerprint density at radius 3 is 2.51 bits per heavy atom. The van der Waals surface area contributed by atoms with Crippen LogP contribution in [0.25, 0.3) is 38.2 Å². The van der Waals surface area contributed by atoms with E-state index in [0.717, 1.165) is 31.3 Å². The molecule has 2 nitrogen and oxygen atoms in total. The van der Waals surface area contributed by atoms with E-state index in [1.807, 2.05) is 13.8 Å². The molecule has 250 valence electrons. The fraction of sp³-hybridized carbons (Fsp3) is 0.340. The van der Waals surface area contributed by atoms with Crippen LogP contribution in [0.2, 0.25) is 0 Å². The van der Waals surface area contributed by atoms with E-state index >= 15 is 0 Å². The molecule has 0 heterocycles. The Morgan fingerprint density at radius 2 is 1.69 bits per heavy atom. The van der Waals surface area contributed by atoms with E-state index in [2.05, 4.69) is 132 Å². The number of esters is 1. The van der Waals surface area contributed by atoms with Gasteiger partial charge in [-0.05, 0) is 135 Å². The molecule has 0 N–H and O–H groups in total.